The first-order valence-corrected chi connectivity index (χ1v) is 4.69. The summed E-state index contributed by atoms with van der Waals surface area (Å²) >= 11 is 4.53. The van der Waals surface area contributed by atoms with E-state index in [0.29, 0.717) is 5.25 Å². The van der Waals surface area contributed by atoms with Crippen LogP contribution < -0.4 is 0 Å². The van der Waals surface area contributed by atoms with Crippen molar-refractivity contribution in [3.8, 4) is 0 Å². The van der Waals surface area contributed by atoms with Gasteiger partial charge in [-0.2, -0.15) is 12.6 Å². The highest BCUT2D eigenvalue weighted by molar-refractivity contribution is 7.80. The van der Waals surface area contributed by atoms with Crippen LogP contribution >= 0.6 is 12.6 Å². The molecule has 0 aliphatic carbocycles. The van der Waals surface area contributed by atoms with Gasteiger partial charge in [0.05, 0.1) is 0 Å². The van der Waals surface area contributed by atoms with Crippen LogP contribution in [0.2, 0.25) is 0 Å². The maximum atomic E-state index is 4.53. The topological polar surface area (TPSA) is 3.24 Å². The third kappa shape index (κ3) is 0.978. The molecular weight excluding hydrogens is 142 g/mol. The third-order valence-corrected chi connectivity index (χ3v) is 3.49. The van der Waals surface area contributed by atoms with Crippen LogP contribution in [-0.4, -0.2) is 29.3 Å². The molecule has 2 heterocycles. The number of rotatable bonds is 0. The minimum atomic E-state index is 0.689. The second-order valence-electron chi connectivity index (χ2n) is 3.68. The lowest BCUT2D eigenvalue weighted by molar-refractivity contribution is 0.183. The number of hydrogen-bond donors (Lipinski definition) is 1. The highest BCUT2D eigenvalue weighted by atomic mass is 32.1. The molecule has 0 N–H and O–H groups in total. The van der Waals surface area contributed by atoms with E-state index in [-0.39, 0.29) is 0 Å². The molecule has 2 heteroatoms. The fourth-order valence-electron chi connectivity index (χ4n) is 2.38. The van der Waals surface area contributed by atoms with Gasteiger partial charge in [0.15, 0.2) is 0 Å². The van der Waals surface area contributed by atoms with Gasteiger partial charge in [0.2, 0.25) is 0 Å². The molecule has 0 spiro atoms. The van der Waals surface area contributed by atoms with Gasteiger partial charge in [-0.1, -0.05) is 0 Å². The first-order valence-electron chi connectivity index (χ1n) is 4.17. The summed E-state index contributed by atoms with van der Waals surface area (Å²) in [7, 11) is 2.27. The molecule has 2 fully saturated rings. The van der Waals surface area contributed by atoms with Crippen LogP contribution in [-0.2, 0) is 0 Å². The maximum absolute atomic E-state index is 4.53. The zero-order valence-corrected chi connectivity index (χ0v) is 7.35. The molecule has 0 aromatic carbocycles. The van der Waals surface area contributed by atoms with Gasteiger partial charge < -0.3 is 4.90 Å². The minimum Gasteiger partial charge on any atom is -0.300 e. The number of fused-ring (bicyclic) bond motifs is 2. The van der Waals surface area contributed by atoms with Gasteiger partial charge in [-0.3, -0.25) is 0 Å². The van der Waals surface area contributed by atoms with Crippen LogP contribution in [0.3, 0.4) is 0 Å². The van der Waals surface area contributed by atoms with Gasteiger partial charge in [-0.25, -0.2) is 0 Å². The van der Waals surface area contributed by atoms with Crippen LogP contribution in [0.25, 0.3) is 0 Å². The van der Waals surface area contributed by atoms with E-state index in [1.807, 2.05) is 0 Å². The van der Waals surface area contributed by atoms with E-state index in [1.165, 1.54) is 25.7 Å². The number of hydrogen-bond acceptors (Lipinski definition) is 2. The van der Waals surface area contributed by atoms with Gasteiger partial charge in [0, 0.05) is 17.3 Å². The molecule has 10 heavy (non-hydrogen) atoms. The van der Waals surface area contributed by atoms with E-state index in [4.69, 9.17) is 0 Å². The van der Waals surface area contributed by atoms with Crippen LogP contribution in [0.5, 0.6) is 0 Å². The zero-order valence-electron chi connectivity index (χ0n) is 6.45. The first kappa shape index (κ1) is 6.99. The van der Waals surface area contributed by atoms with Gasteiger partial charge in [-0.05, 0) is 32.7 Å². The fourth-order valence-corrected chi connectivity index (χ4v) is 2.87. The Morgan fingerprint density at radius 3 is 2.20 bits per heavy atom. The average Bonchev–Trinajstić information content (AvgIpc) is 2.20. The summed E-state index contributed by atoms with van der Waals surface area (Å²) < 4.78 is 0. The van der Waals surface area contributed by atoms with E-state index in [9.17, 15) is 0 Å². The summed E-state index contributed by atoms with van der Waals surface area (Å²) in [5.41, 5.74) is 0. The fraction of sp³-hybridized carbons (Fsp3) is 1.00. The lowest BCUT2D eigenvalue weighted by Gasteiger charge is -2.34. The van der Waals surface area contributed by atoms with Crippen LogP contribution in [0.1, 0.15) is 25.7 Å². The van der Waals surface area contributed by atoms with Crippen LogP contribution in [0, 0.1) is 0 Å². The van der Waals surface area contributed by atoms with E-state index in [2.05, 4.69) is 24.6 Å². The van der Waals surface area contributed by atoms with Crippen molar-refractivity contribution < 1.29 is 0 Å². The Morgan fingerprint density at radius 1 is 1.20 bits per heavy atom. The highest BCUT2D eigenvalue weighted by Crippen LogP contribution is 2.35. The monoisotopic (exact) mass is 157 g/mol. The van der Waals surface area contributed by atoms with Crippen molar-refractivity contribution in [3.63, 3.8) is 0 Å². The normalized spacial score (nSPS) is 48.0. The molecule has 2 aliphatic heterocycles. The van der Waals surface area contributed by atoms with Gasteiger partial charge in [0.25, 0.3) is 0 Å². The van der Waals surface area contributed by atoms with Crippen LogP contribution in [0.15, 0.2) is 0 Å². The molecule has 0 amide bonds. The number of piperidine rings is 1. The van der Waals surface area contributed by atoms with Gasteiger partial charge in [0.1, 0.15) is 0 Å². The molecule has 1 nitrogen and oxygen atoms in total. The van der Waals surface area contributed by atoms with Crippen molar-refractivity contribution in [2.45, 2.75) is 43.0 Å². The summed E-state index contributed by atoms with van der Waals surface area (Å²) in [5.74, 6) is 0. The Kier molecular flexibility index (Phi) is 1.69. The molecule has 2 aliphatic rings. The summed E-state index contributed by atoms with van der Waals surface area (Å²) in [6.07, 6.45) is 5.46. The summed E-state index contributed by atoms with van der Waals surface area (Å²) in [4.78, 5) is 2.55. The lowest BCUT2D eigenvalue weighted by atomic mass is 10.0. The smallest absolute Gasteiger partial charge is 0.0106 e. The predicted molar refractivity (Wildman–Crippen MR) is 46.6 cm³/mol. The van der Waals surface area contributed by atoms with E-state index in [1.54, 1.807) is 0 Å². The van der Waals surface area contributed by atoms with E-state index in [0.717, 1.165) is 12.1 Å². The Hall–Kier alpha value is 0.310. The van der Waals surface area contributed by atoms with Crippen molar-refractivity contribution in [2.75, 3.05) is 7.05 Å². The molecule has 2 saturated heterocycles. The van der Waals surface area contributed by atoms with Crippen molar-refractivity contribution in [1.82, 2.24) is 4.90 Å². The molecule has 0 aromatic rings. The van der Waals surface area contributed by atoms with E-state index < -0.39 is 0 Å². The summed E-state index contributed by atoms with van der Waals surface area (Å²) in [6.45, 7) is 0. The molecule has 0 unspecified atom stereocenters. The van der Waals surface area contributed by atoms with Crippen molar-refractivity contribution in [1.29, 1.82) is 0 Å². The van der Waals surface area contributed by atoms with Gasteiger partial charge >= 0.3 is 0 Å². The van der Waals surface area contributed by atoms with E-state index >= 15 is 0 Å². The number of thiol groups is 1. The molecule has 0 saturated carbocycles. The van der Waals surface area contributed by atoms with Crippen LogP contribution in [0.4, 0.5) is 0 Å². The summed E-state index contributed by atoms with van der Waals surface area (Å²) in [5, 5.41) is 0.689. The largest absolute Gasteiger partial charge is 0.300 e. The molecule has 2 bridgehead atoms. The van der Waals surface area contributed by atoms with Crippen molar-refractivity contribution in [3.05, 3.63) is 0 Å². The minimum absolute atomic E-state index is 0.689. The molecule has 3 atom stereocenters. The molecule has 0 radical (unpaired) electrons. The Morgan fingerprint density at radius 2 is 1.70 bits per heavy atom. The number of nitrogens with zero attached hydrogens (tertiary/aromatic N) is 1. The standard InChI is InChI=1S/C8H15NS/c1-9-6-2-3-7(9)5-8(10)4-6/h6-8,10H,2-5H2,1H3/t6-,7+,8+. The van der Waals surface area contributed by atoms with Crippen molar-refractivity contribution in [2.24, 2.45) is 0 Å². The lowest BCUT2D eigenvalue weighted by Crippen LogP contribution is -2.40. The second kappa shape index (κ2) is 2.42. The zero-order chi connectivity index (χ0) is 7.14. The molecular formula is C8H15NS. The molecule has 2 rings (SSSR count). The molecule has 58 valence electrons. The molecule has 0 aromatic heterocycles. The average molecular weight is 157 g/mol. The summed E-state index contributed by atoms with van der Waals surface area (Å²) in [6, 6.07) is 1.72. The highest BCUT2D eigenvalue weighted by Gasteiger charge is 2.36. The van der Waals surface area contributed by atoms with Crippen molar-refractivity contribution >= 4 is 12.6 Å². The first-order chi connectivity index (χ1) is 4.77. The Bertz CT molecular complexity index is 123. The maximum Gasteiger partial charge on any atom is 0.0106 e. The third-order valence-electron chi connectivity index (χ3n) is 3.07. The quantitative estimate of drug-likeness (QED) is 0.522. The Labute approximate surface area is 68.2 Å². The second-order valence-corrected chi connectivity index (χ2v) is 4.41. The SMILES string of the molecule is CN1[C@@H]2CC[C@H]1C[C@@H](S)C2. The Balaban J connectivity index is 2.09. The van der Waals surface area contributed by atoms with Gasteiger partial charge in [-0.15, -0.1) is 0 Å². The predicted octanol–water partition coefficient (Wildman–Crippen LogP) is 1.54.